The summed E-state index contributed by atoms with van der Waals surface area (Å²) in [6.45, 7) is 6.47. The van der Waals surface area contributed by atoms with Gasteiger partial charge >= 0.3 is 0 Å². The Morgan fingerprint density at radius 3 is 2.56 bits per heavy atom. The number of aromatic nitrogens is 2. The van der Waals surface area contributed by atoms with Crippen molar-refractivity contribution in [3.63, 3.8) is 0 Å². The van der Waals surface area contributed by atoms with Crippen molar-refractivity contribution in [3.05, 3.63) is 11.4 Å². The van der Waals surface area contributed by atoms with Crippen LogP contribution in [0.4, 0.5) is 5.69 Å². The van der Waals surface area contributed by atoms with E-state index in [1.54, 1.807) is 4.68 Å². The number of anilines is 1. The highest BCUT2D eigenvalue weighted by atomic mass is 32.2. The van der Waals surface area contributed by atoms with Gasteiger partial charge in [-0.15, -0.1) is 0 Å². The molecule has 0 radical (unpaired) electrons. The van der Waals surface area contributed by atoms with Crippen molar-refractivity contribution in [1.82, 2.24) is 9.78 Å². The summed E-state index contributed by atoms with van der Waals surface area (Å²) in [7, 11) is -2.99. The first-order chi connectivity index (χ1) is 7.21. The molecule has 0 spiro atoms. The largest absolute Gasteiger partial charge is 0.396 e. The maximum atomic E-state index is 11.5. The van der Waals surface area contributed by atoms with E-state index in [0.717, 1.165) is 5.69 Å². The van der Waals surface area contributed by atoms with Gasteiger partial charge in [0.1, 0.15) is 0 Å². The van der Waals surface area contributed by atoms with Gasteiger partial charge < -0.3 is 5.73 Å². The summed E-state index contributed by atoms with van der Waals surface area (Å²) in [6.07, 6.45) is 0. The second-order valence-corrected chi connectivity index (χ2v) is 7.46. The zero-order chi connectivity index (χ0) is 12.1. The summed E-state index contributed by atoms with van der Waals surface area (Å²) in [4.78, 5) is 0. The maximum Gasteiger partial charge on any atom is 0.157 e. The molecule has 90 valence electrons. The predicted molar refractivity (Wildman–Crippen MR) is 62.8 cm³/mol. The number of aryl methyl sites for hydroxylation is 1. The van der Waals surface area contributed by atoms with Gasteiger partial charge in [0.15, 0.2) is 9.84 Å². The van der Waals surface area contributed by atoms with E-state index in [1.165, 1.54) is 0 Å². The number of rotatable bonds is 0. The number of sulfone groups is 1. The lowest BCUT2D eigenvalue weighted by molar-refractivity contribution is 0.525. The third-order valence-corrected chi connectivity index (χ3v) is 4.30. The van der Waals surface area contributed by atoms with Crippen LogP contribution < -0.4 is 5.73 Å². The van der Waals surface area contributed by atoms with Gasteiger partial charge in [-0.05, 0) is 0 Å². The van der Waals surface area contributed by atoms with E-state index in [-0.39, 0.29) is 16.9 Å². The number of hydrogen-bond donors (Lipinski definition) is 1. The molecule has 1 aromatic rings. The monoisotopic (exact) mass is 243 g/mol. The van der Waals surface area contributed by atoms with Gasteiger partial charge in [-0.2, -0.15) is 5.10 Å². The molecule has 1 aliphatic rings. The lowest BCUT2D eigenvalue weighted by atomic mass is 9.91. The Kier molecular flexibility index (Phi) is 2.31. The molecule has 0 atom stereocenters. The molecule has 2 heterocycles. The standard InChI is InChI=1S/C10H17N3O2S/c1-10(2,3)9-8(11)7-6-16(14,15)5-4-13(7)12-9/h4-6,11H2,1-3H3. The second-order valence-electron chi connectivity index (χ2n) is 5.27. The van der Waals surface area contributed by atoms with E-state index in [9.17, 15) is 8.42 Å². The van der Waals surface area contributed by atoms with E-state index < -0.39 is 9.84 Å². The third kappa shape index (κ3) is 1.81. The van der Waals surface area contributed by atoms with Crippen LogP contribution in [-0.4, -0.2) is 24.0 Å². The molecular formula is C10H17N3O2S. The van der Waals surface area contributed by atoms with Gasteiger partial charge in [0.2, 0.25) is 0 Å². The van der Waals surface area contributed by atoms with Crippen LogP contribution in [-0.2, 0) is 27.5 Å². The fourth-order valence-electron chi connectivity index (χ4n) is 1.91. The molecular weight excluding hydrogens is 226 g/mol. The summed E-state index contributed by atoms with van der Waals surface area (Å²) < 4.78 is 24.8. The molecule has 2 N–H and O–H groups in total. The third-order valence-electron chi connectivity index (χ3n) is 2.78. The number of hydrogen-bond acceptors (Lipinski definition) is 4. The molecule has 0 saturated heterocycles. The van der Waals surface area contributed by atoms with Gasteiger partial charge in [-0.25, -0.2) is 8.42 Å². The summed E-state index contributed by atoms with van der Waals surface area (Å²) in [6, 6.07) is 0. The molecule has 0 fully saturated rings. The lowest BCUT2D eigenvalue weighted by Gasteiger charge is -2.15. The fraction of sp³-hybridized carbons (Fsp3) is 0.700. The van der Waals surface area contributed by atoms with Crippen LogP contribution >= 0.6 is 0 Å². The quantitative estimate of drug-likeness (QED) is 0.727. The Bertz CT molecular complexity index is 523. The Morgan fingerprint density at radius 1 is 1.38 bits per heavy atom. The van der Waals surface area contributed by atoms with Gasteiger partial charge in [-0.3, -0.25) is 4.68 Å². The lowest BCUT2D eigenvalue weighted by Crippen LogP contribution is -2.24. The van der Waals surface area contributed by atoms with Gasteiger partial charge in [0.25, 0.3) is 0 Å². The minimum absolute atomic E-state index is 0.0158. The average molecular weight is 243 g/mol. The van der Waals surface area contributed by atoms with Crippen LogP contribution in [0.3, 0.4) is 0 Å². The molecule has 0 aliphatic carbocycles. The predicted octanol–water partition coefficient (Wildman–Crippen LogP) is 0.691. The first-order valence-corrected chi connectivity index (χ1v) is 7.09. The first kappa shape index (κ1) is 11.4. The number of nitrogens with zero attached hydrogens (tertiary/aromatic N) is 2. The Hall–Kier alpha value is -1.04. The smallest absolute Gasteiger partial charge is 0.157 e. The minimum Gasteiger partial charge on any atom is -0.396 e. The highest BCUT2D eigenvalue weighted by molar-refractivity contribution is 7.90. The van der Waals surface area contributed by atoms with Crippen LogP contribution in [0.5, 0.6) is 0 Å². The summed E-state index contributed by atoms with van der Waals surface area (Å²) in [5, 5.41) is 4.41. The highest BCUT2D eigenvalue weighted by Gasteiger charge is 2.30. The second kappa shape index (κ2) is 3.23. The number of nitrogens with two attached hydrogens (primary N) is 1. The molecule has 0 saturated carbocycles. The van der Waals surface area contributed by atoms with Crippen molar-refractivity contribution >= 4 is 15.5 Å². The van der Waals surface area contributed by atoms with Crippen molar-refractivity contribution in [2.75, 3.05) is 11.5 Å². The molecule has 6 heteroatoms. The topological polar surface area (TPSA) is 78.0 Å². The molecule has 0 aromatic carbocycles. The molecule has 5 nitrogen and oxygen atoms in total. The minimum atomic E-state index is -2.99. The Balaban J connectivity index is 2.55. The summed E-state index contributed by atoms with van der Waals surface area (Å²) in [5.74, 6) is 0.173. The summed E-state index contributed by atoms with van der Waals surface area (Å²) in [5.41, 5.74) is 7.81. The van der Waals surface area contributed by atoms with Crippen LogP contribution in [0, 0.1) is 0 Å². The molecule has 0 bridgehead atoms. The molecule has 0 amide bonds. The zero-order valence-electron chi connectivity index (χ0n) is 9.82. The summed E-state index contributed by atoms with van der Waals surface area (Å²) >= 11 is 0. The molecule has 0 unspecified atom stereocenters. The number of nitrogen functional groups attached to an aromatic ring is 1. The fourth-order valence-corrected chi connectivity index (χ4v) is 3.22. The van der Waals surface area contributed by atoms with Crippen LogP contribution in [0.15, 0.2) is 0 Å². The van der Waals surface area contributed by atoms with Gasteiger partial charge in [-0.1, -0.05) is 20.8 Å². The van der Waals surface area contributed by atoms with Crippen molar-refractivity contribution in [2.24, 2.45) is 0 Å². The number of fused-ring (bicyclic) bond motifs is 1. The van der Waals surface area contributed by atoms with E-state index in [4.69, 9.17) is 5.73 Å². The normalized spacial score (nSPS) is 19.4. The van der Waals surface area contributed by atoms with E-state index in [1.807, 2.05) is 20.8 Å². The molecule has 2 rings (SSSR count). The van der Waals surface area contributed by atoms with E-state index in [2.05, 4.69) is 5.10 Å². The zero-order valence-corrected chi connectivity index (χ0v) is 10.6. The highest BCUT2D eigenvalue weighted by Crippen LogP contribution is 2.31. The van der Waals surface area contributed by atoms with Crippen molar-refractivity contribution < 1.29 is 8.42 Å². The molecule has 1 aromatic heterocycles. The van der Waals surface area contributed by atoms with Gasteiger partial charge in [0.05, 0.1) is 35.1 Å². The van der Waals surface area contributed by atoms with Gasteiger partial charge in [0, 0.05) is 5.41 Å². The molecule has 16 heavy (non-hydrogen) atoms. The molecule has 1 aliphatic heterocycles. The maximum absolute atomic E-state index is 11.5. The van der Waals surface area contributed by atoms with E-state index in [0.29, 0.717) is 17.9 Å². The Morgan fingerprint density at radius 2 is 2.00 bits per heavy atom. The Labute approximate surface area is 95.6 Å². The van der Waals surface area contributed by atoms with Crippen molar-refractivity contribution in [2.45, 2.75) is 38.5 Å². The van der Waals surface area contributed by atoms with Crippen molar-refractivity contribution in [1.29, 1.82) is 0 Å². The van der Waals surface area contributed by atoms with Crippen molar-refractivity contribution in [3.8, 4) is 0 Å². The van der Waals surface area contributed by atoms with Crippen LogP contribution in [0.2, 0.25) is 0 Å². The van der Waals surface area contributed by atoms with E-state index >= 15 is 0 Å². The van der Waals surface area contributed by atoms with Crippen LogP contribution in [0.25, 0.3) is 0 Å². The first-order valence-electron chi connectivity index (χ1n) is 5.27. The van der Waals surface area contributed by atoms with Crippen LogP contribution in [0.1, 0.15) is 32.2 Å². The SMILES string of the molecule is CC(C)(C)c1nn2c(c1N)CS(=O)(=O)CC2. The average Bonchev–Trinajstić information content (AvgIpc) is 2.41.